The van der Waals surface area contributed by atoms with Crippen LogP contribution in [0.3, 0.4) is 0 Å². The smallest absolute Gasteiger partial charge is 0.131 e. The summed E-state index contributed by atoms with van der Waals surface area (Å²) in [6, 6.07) is 2.13. The molecule has 1 aliphatic rings. The largest absolute Gasteiger partial charge is 0.373 e. The van der Waals surface area contributed by atoms with Crippen molar-refractivity contribution in [2.24, 2.45) is 5.41 Å². The molecule has 0 amide bonds. The number of aromatic nitrogens is 2. The van der Waals surface area contributed by atoms with E-state index in [2.05, 4.69) is 37.1 Å². The molecule has 0 radical (unpaired) electrons. The summed E-state index contributed by atoms with van der Waals surface area (Å²) in [5, 5.41) is 3.17. The summed E-state index contributed by atoms with van der Waals surface area (Å²) < 4.78 is 0. The van der Waals surface area contributed by atoms with Crippen molar-refractivity contribution in [2.45, 2.75) is 58.8 Å². The van der Waals surface area contributed by atoms with Crippen LogP contribution in [0.4, 0.5) is 5.82 Å². The lowest BCUT2D eigenvalue weighted by Gasteiger charge is -2.19. The predicted molar refractivity (Wildman–Crippen MR) is 75.9 cm³/mol. The quantitative estimate of drug-likeness (QED) is 0.883. The van der Waals surface area contributed by atoms with Crippen LogP contribution >= 0.6 is 0 Å². The first-order valence-corrected chi connectivity index (χ1v) is 7.03. The summed E-state index contributed by atoms with van der Waals surface area (Å²) in [5.74, 6) is 2.60. The molecule has 1 fully saturated rings. The van der Waals surface area contributed by atoms with Crippen molar-refractivity contribution in [1.29, 1.82) is 0 Å². The Labute approximate surface area is 110 Å². The zero-order valence-electron chi connectivity index (χ0n) is 12.1. The lowest BCUT2D eigenvalue weighted by molar-refractivity contribution is 0.399. The second kappa shape index (κ2) is 5.25. The van der Waals surface area contributed by atoms with E-state index in [1.54, 1.807) is 0 Å². The van der Waals surface area contributed by atoms with E-state index in [-0.39, 0.29) is 5.41 Å². The van der Waals surface area contributed by atoms with Gasteiger partial charge in [0.25, 0.3) is 0 Å². The van der Waals surface area contributed by atoms with E-state index >= 15 is 0 Å². The van der Waals surface area contributed by atoms with Gasteiger partial charge in [0, 0.05) is 31.1 Å². The minimum Gasteiger partial charge on any atom is -0.373 e. The van der Waals surface area contributed by atoms with Gasteiger partial charge in [0.05, 0.1) is 0 Å². The highest BCUT2D eigenvalue weighted by Gasteiger charge is 2.21. The Morgan fingerprint density at radius 3 is 2.44 bits per heavy atom. The van der Waals surface area contributed by atoms with Crippen LogP contribution in [0.25, 0.3) is 0 Å². The molecule has 0 unspecified atom stereocenters. The molecule has 1 N–H and O–H groups in total. The van der Waals surface area contributed by atoms with Gasteiger partial charge in [0.2, 0.25) is 0 Å². The normalized spacial score (nSPS) is 17.1. The van der Waals surface area contributed by atoms with E-state index in [1.807, 2.05) is 7.05 Å². The number of anilines is 1. The maximum atomic E-state index is 4.80. The Hall–Kier alpha value is -1.12. The maximum Gasteiger partial charge on any atom is 0.131 e. The van der Waals surface area contributed by atoms with Gasteiger partial charge in [0.15, 0.2) is 0 Å². The molecule has 0 bridgehead atoms. The molecule has 1 aromatic heterocycles. The van der Waals surface area contributed by atoms with E-state index in [0.29, 0.717) is 5.92 Å². The van der Waals surface area contributed by atoms with Crippen LogP contribution in [0, 0.1) is 5.41 Å². The summed E-state index contributed by atoms with van der Waals surface area (Å²) in [7, 11) is 1.93. The molecule has 2 rings (SSSR count). The van der Waals surface area contributed by atoms with Crippen molar-refractivity contribution >= 4 is 5.82 Å². The Morgan fingerprint density at radius 2 is 1.89 bits per heavy atom. The fraction of sp³-hybridized carbons (Fsp3) is 0.733. The van der Waals surface area contributed by atoms with Gasteiger partial charge in [-0.15, -0.1) is 0 Å². The lowest BCUT2D eigenvalue weighted by atomic mass is 9.92. The molecule has 1 aromatic rings. The van der Waals surface area contributed by atoms with Gasteiger partial charge in [-0.2, -0.15) is 0 Å². The highest BCUT2D eigenvalue weighted by molar-refractivity contribution is 5.36. The summed E-state index contributed by atoms with van der Waals surface area (Å²) in [4.78, 5) is 9.38. The standard InChI is InChI=1S/C15H25N3/c1-15(2,3)10-14-17-12(9-13(16-4)18-14)11-7-5-6-8-11/h9,11H,5-8,10H2,1-4H3,(H,16,17,18). The third-order valence-corrected chi connectivity index (χ3v) is 3.51. The van der Waals surface area contributed by atoms with Gasteiger partial charge in [-0.05, 0) is 18.3 Å². The SMILES string of the molecule is CNc1cc(C2CCCC2)nc(CC(C)(C)C)n1. The van der Waals surface area contributed by atoms with Crippen molar-refractivity contribution in [3.05, 3.63) is 17.6 Å². The Balaban J connectivity index is 2.26. The summed E-state index contributed by atoms with van der Waals surface area (Å²) >= 11 is 0. The molecule has 0 aromatic carbocycles. The Bertz CT molecular complexity index is 401. The van der Waals surface area contributed by atoms with Gasteiger partial charge < -0.3 is 5.32 Å². The van der Waals surface area contributed by atoms with Crippen LogP contribution in [0.5, 0.6) is 0 Å². The lowest BCUT2D eigenvalue weighted by Crippen LogP contribution is -2.14. The van der Waals surface area contributed by atoms with E-state index in [0.717, 1.165) is 18.1 Å². The average molecular weight is 247 g/mol. The minimum atomic E-state index is 0.235. The molecule has 1 aliphatic carbocycles. The van der Waals surface area contributed by atoms with Crippen LogP contribution in [0.2, 0.25) is 0 Å². The highest BCUT2D eigenvalue weighted by Crippen LogP contribution is 2.34. The first-order valence-electron chi connectivity index (χ1n) is 7.03. The highest BCUT2D eigenvalue weighted by atomic mass is 15.0. The van der Waals surface area contributed by atoms with Crippen molar-refractivity contribution in [3.63, 3.8) is 0 Å². The molecule has 0 aliphatic heterocycles. The van der Waals surface area contributed by atoms with E-state index < -0.39 is 0 Å². The summed E-state index contributed by atoms with van der Waals surface area (Å²) in [6.07, 6.45) is 6.20. The minimum absolute atomic E-state index is 0.235. The van der Waals surface area contributed by atoms with Crippen LogP contribution in [0.1, 0.15) is 63.9 Å². The van der Waals surface area contributed by atoms with Gasteiger partial charge in [-0.3, -0.25) is 0 Å². The molecule has 3 nitrogen and oxygen atoms in total. The fourth-order valence-corrected chi connectivity index (χ4v) is 2.63. The number of rotatable bonds is 3. The molecule has 100 valence electrons. The summed E-state index contributed by atoms with van der Waals surface area (Å²) in [6.45, 7) is 6.70. The molecule has 0 saturated heterocycles. The first-order chi connectivity index (χ1) is 8.48. The Kier molecular flexibility index (Phi) is 3.88. The summed E-state index contributed by atoms with van der Waals surface area (Å²) in [5.41, 5.74) is 1.48. The third-order valence-electron chi connectivity index (χ3n) is 3.51. The van der Waals surface area contributed by atoms with Gasteiger partial charge in [0.1, 0.15) is 11.6 Å². The molecule has 0 atom stereocenters. The zero-order chi connectivity index (χ0) is 13.2. The van der Waals surface area contributed by atoms with Crippen molar-refractivity contribution in [3.8, 4) is 0 Å². The Morgan fingerprint density at radius 1 is 1.22 bits per heavy atom. The second-order valence-corrected chi connectivity index (χ2v) is 6.56. The van der Waals surface area contributed by atoms with Crippen LogP contribution in [-0.4, -0.2) is 17.0 Å². The van der Waals surface area contributed by atoms with Crippen molar-refractivity contribution in [1.82, 2.24) is 9.97 Å². The number of nitrogens with one attached hydrogen (secondary N) is 1. The molecular formula is C15H25N3. The fourth-order valence-electron chi connectivity index (χ4n) is 2.63. The number of nitrogens with zero attached hydrogens (tertiary/aromatic N) is 2. The van der Waals surface area contributed by atoms with Crippen LogP contribution in [0.15, 0.2) is 6.07 Å². The molecule has 1 saturated carbocycles. The molecule has 0 spiro atoms. The van der Waals surface area contributed by atoms with Gasteiger partial charge in [-0.1, -0.05) is 33.6 Å². The zero-order valence-corrected chi connectivity index (χ0v) is 12.1. The predicted octanol–water partition coefficient (Wildman–Crippen LogP) is 3.76. The molecule has 1 heterocycles. The van der Waals surface area contributed by atoms with Crippen LogP contribution in [-0.2, 0) is 6.42 Å². The third kappa shape index (κ3) is 3.44. The van der Waals surface area contributed by atoms with E-state index in [4.69, 9.17) is 4.98 Å². The monoisotopic (exact) mass is 247 g/mol. The maximum absolute atomic E-state index is 4.80. The van der Waals surface area contributed by atoms with Crippen LogP contribution < -0.4 is 5.32 Å². The van der Waals surface area contributed by atoms with Gasteiger partial charge >= 0.3 is 0 Å². The number of hydrogen-bond donors (Lipinski definition) is 1. The topological polar surface area (TPSA) is 37.8 Å². The molecular weight excluding hydrogens is 222 g/mol. The average Bonchev–Trinajstić information content (AvgIpc) is 2.79. The van der Waals surface area contributed by atoms with E-state index in [9.17, 15) is 0 Å². The van der Waals surface area contributed by atoms with Crippen molar-refractivity contribution in [2.75, 3.05) is 12.4 Å². The van der Waals surface area contributed by atoms with Gasteiger partial charge in [-0.25, -0.2) is 9.97 Å². The number of hydrogen-bond acceptors (Lipinski definition) is 3. The first kappa shape index (κ1) is 13.3. The molecule has 18 heavy (non-hydrogen) atoms. The van der Waals surface area contributed by atoms with Crippen molar-refractivity contribution < 1.29 is 0 Å². The molecule has 3 heteroatoms. The second-order valence-electron chi connectivity index (χ2n) is 6.56. The van der Waals surface area contributed by atoms with E-state index in [1.165, 1.54) is 31.4 Å².